The van der Waals surface area contributed by atoms with Gasteiger partial charge in [-0.05, 0) is 6.42 Å². The Kier molecular flexibility index (Phi) is 2.72. The summed E-state index contributed by atoms with van der Waals surface area (Å²) in [5, 5.41) is 0. The van der Waals surface area contributed by atoms with Crippen LogP contribution in [0.25, 0.3) is 4.85 Å². The van der Waals surface area contributed by atoms with Crippen LogP contribution in [0.5, 0.6) is 0 Å². The van der Waals surface area contributed by atoms with Crippen LogP contribution in [0.15, 0.2) is 0 Å². The van der Waals surface area contributed by atoms with Crippen LogP contribution in [0.1, 0.15) is 12.8 Å². The van der Waals surface area contributed by atoms with Crippen molar-refractivity contribution in [2.45, 2.75) is 19.0 Å². The second-order valence-electron chi connectivity index (χ2n) is 2.47. The molecule has 1 aliphatic heterocycles. The van der Waals surface area contributed by atoms with Crippen molar-refractivity contribution in [2.75, 3.05) is 12.4 Å². The molecule has 4 heteroatoms. The van der Waals surface area contributed by atoms with Gasteiger partial charge in [0.25, 0.3) is 0 Å². The van der Waals surface area contributed by atoms with E-state index in [0.29, 0.717) is 6.54 Å². The van der Waals surface area contributed by atoms with E-state index in [4.69, 9.17) is 18.2 Å². The van der Waals surface area contributed by atoms with Gasteiger partial charge in [0.15, 0.2) is 0 Å². The second kappa shape index (κ2) is 3.59. The van der Waals surface area contributed by atoms with Crippen LogP contribution in [0.3, 0.4) is 0 Å². The van der Waals surface area contributed by atoms with Crippen LogP contribution in [0.4, 0.5) is 0 Å². The molecular weight excluding hydrogens is 164 g/mol. The summed E-state index contributed by atoms with van der Waals surface area (Å²) in [5.41, 5.74) is 0. The average Bonchev–Trinajstić information content (AvgIpc) is 2.50. The van der Waals surface area contributed by atoms with Crippen molar-refractivity contribution >= 4 is 17.5 Å². The molecule has 0 unspecified atom stereocenters. The lowest BCUT2D eigenvalue weighted by Crippen LogP contribution is -2.34. The fraction of sp³-hybridized carbons (Fsp3) is 0.714. The first-order valence-electron chi connectivity index (χ1n) is 3.51. The van der Waals surface area contributed by atoms with Gasteiger partial charge in [0.2, 0.25) is 5.91 Å². The lowest BCUT2D eigenvalue weighted by molar-refractivity contribution is -0.128. The summed E-state index contributed by atoms with van der Waals surface area (Å²) in [6, 6.07) is 0. The van der Waals surface area contributed by atoms with E-state index in [1.807, 2.05) is 0 Å². The predicted octanol–water partition coefficient (Wildman–Crippen LogP) is 1.09. The van der Waals surface area contributed by atoms with Gasteiger partial charge in [-0.15, -0.1) is 11.6 Å². The summed E-state index contributed by atoms with van der Waals surface area (Å²) in [4.78, 5) is 15.9. The van der Waals surface area contributed by atoms with Gasteiger partial charge < -0.3 is 0 Å². The first-order chi connectivity index (χ1) is 5.29. The average molecular weight is 173 g/mol. The van der Waals surface area contributed by atoms with Gasteiger partial charge in [-0.1, -0.05) is 0 Å². The fourth-order valence-electron chi connectivity index (χ4n) is 1.25. The normalized spacial score (nSPS) is 23.3. The molecule has 0 radical (unpaired) electrons. The first-order valence-corrected chi connectivity index (χ1v) is 4.05. The third-order valence-electron chi connectivity index (χ3n) is 1.80. The van der Waals surface area contributed by atoms with Gasteiger partial charge in [0, 0.05) is 13.0 Å². The van der Waals surface area contributed by atoms with Crippen molar-refractivity contribution in [3.05, 3.63) is 11.4 Å². The maximum atomic E-state index is 11.0. The number of carbonyl (C=O) groups is 1. The monoisotopic (exact) mass is 172 g/mol. The molecule has 0 spiro atoms. The lowest BCUT2D eigenvalue weighted by Gasteiger charge is -2.13. The third kappa shape index (κ3) is 1.63. The largest absolute Gasteiger partial charge is 0.300 e. The standard InChI is InChI=1S/C7H9ClN2O/c1-9-6-3-2-4-10(6)7(11)5-8/h6H,2-5H2/t6-/m0/s1. The van der Waals surface area contributed by atoms with Crippen molar-refractivity contribution < 1.29 is 4.79 Å². The van der Waals surface area contributed by atoms with Gasteiger partial charge in [0.05, 0.1) is 0 Å². The Morgan fingerprint density at radius 2 is 2.55 bits per heavy atom. The Morgan fingerprint density at radius 3 is 3.09 bits per heavy atom. The number of rotatable bonds is 1. The number of carbonyl (C=O) groups excluding carboxylic acids is 1. The van der Waals surface area contributed by atoms with Gasteiger partial charge in [-0.25, -0.2) is 6.57 Å². The van der Waals surface area contributed by atoms with Crippen molar-refractivity contribution in [1.29, 1.82) is 0 Å². The van der Waals surface area contributed by atoms with E-state index in [2.05, 4.69) is 4.85 Å². The zero-order valence-corrected chi connectivity index (χ0v) is 6.84. The van der Waals surface area contributed by atoms with E-state index in [-0.39, 0.29) is 18.0 Å². The van der Waals surface area contributed by atoms with E-state index in [0.717, 1.165) is 12.8 Å². The summed E-state index contributed by atoms with van der Waals surface area (Å²) < 4.78 is 0. The fourth-order valence-corrected chi connectivity index (χ4v) is 1.40. The quantitative estimate of drug-likeness (QED) is 0.429. The van der Waals surface area contributed by atoms with Crippen molar-refractivity contribution in [2.24, 2.45) is 0 Å². The highest BCUT2D eigenvalue weighted by Gasteiger charge is 2.31. The van der Waals surface area contributed by atoms with Crippen LogP contribution in [0, 0.1) is 6.57 Å². The van der Waals surface area contributed by atoms with Crippen molar-refractivity contribution in [1.82, 2.24) is 4.90 Å². The number of halogens is 1. The Balaban J connectivity index is 2.58. The molecule has 1 saturated heterocycles. The molecule has 0 aromatic carbocycles. The lowest BCUT2D eigenvalue weighted by atomic mass is 10.3. The van der Waals surface area contributed by atoms with E-state index >= 15 is 0 Å². The molecule has 3 nitrogen and oxygen atoms in total. The van der Waals surface area contributed by atoms with E-state index in [1.54, 1.807) is 4.90 Å². The molecule has 1 aliphatic rings. The SMILES string of the molecule is [C-]#[N+][C@@H]1CCCN1C(=O)CCl. The molecule has 0 aromatic heterocycles. The summed E-state index contributed by atoms with van der Waals surface area (Å²) in [7, 11) is 0. The molecule has 11 heavy (non-hydrogen) atoms. The smallest absolute Gasteiger partial charge is 0.290 e. The molecular formula is C7H9ClN2O. The molecule has 0 aromatic rings. The summed E-state index contributed by atoms with van der Waals surface area (Å²) in [5.74, 6) is -0.128. The van der Waals surface area contributed by atoms with Crippen LogP contribution >= 0.6 is 11.6 Å². The highest BCUT2D eigenvalue weighted by molar-refractivity contribution is 6.27. The minimum Gasteiger partial charge on any atom is -0.290 e. The zero-order valence-electron chi connectivity index (χ0n) is 6.09. The summed E-state index contributed by atoms with van der Waals surface area (Å²) >= 11 is 5.36. The second-order valence-corrected chi connectivity index (χ2v) is 2.74. The van der Waals surface area contributed by atoms with Crippen molar-refractivity contribution in [3.63, 3.8) is 0 Å². The van der Waals surface area contributed by atoms with Crippen LogP contribution in [-0.4, -0.2) is 29.4 Å². The van der Waals surface area contributed by atoms with Crippen LogP contribution < -0.4 is 0 Å². The third-order valence-corrected chi connectivity index (χ3v) is 2.03. The molecule has 0 saturated carbocycles. The Labute approximate surface area is 70.8 Å². The number of hydrogen-bond donors (Lipinski definition) is 0. The highest BCUT2D eigenvalue weighted by Crippen LogP contribution is 2.18. The number of hydrogen-bond acceptors (Lipinski definition) is 1. The van der Waals surface area contributed by atoms with E-state index in [9.17, 15) is 4.79 Å². The topological polar surface area (TPSA) is 24.7 Å². The molecule has 0 aliphatic carbocycles. The van der Waals surface area contributed by atoms with Crippen LogP contribution in [-0.2, 0) is 4.79 Å². The number of alkyl halides is 1. The van der Waals surface area contributed by atoms with Crippen molar-refractivity contribution in [3.8, 4) is 0 Å². The van der Waals surface area contributed by atoms with E-state index in [1.165, 1.54) is 0 Å². The molecule has 1 amide bonds. The summed E-state index contributed by atoms with van der Waals surface area (Å²) in [6.07, 6.45) is 1.48. The Morgan fingerprint density at radius 1 is 1.82 bits per heavy atom. The molecule has 0 bridgehead atoms. The van der Waals surface area contributed by atoms with Gasteiger partial charge in [-0.3, -0.25) is 14.5 Å². The predicted molar refractivity (Wildman–Crippen MR) is 42.1 cm³/mol. The van der Waals surface area contributed by atoms with Crippen LogP contribution in [0.2, 0.25) is 0 Å². The highest BCUT2D eigenvalue weighted by atomic mass is 35.5. The molecule has 0 N–H and O–H groups in total. The van der Waals surface area contributed by atoms with Gasteiger partial charge >= 0.3 is 6.17 Å². The zero-order chi connectivity index (χ0) is 8.27. The Bertz CT molecular complexity index is 199. The summed E-state index contributed by atoms with van der Waals surface area (Å²) in [6.45, 7) is 7.48. The molecule has 1 heterocycles. The number of amides is 1. The maximum absolute atomic E-state index is 11.0. The minimum atomic E-state index is -0.249. The minimum absolute atomic E-state index is 0.00792. The maximum Gasteiger partial charge on any atom is 0.300 e. The molecule has 60 valence electrons. The van der Waals surface area contributed by atoms with Gasteiger partial charge in [0.1, 0.15) is 5.88 Å². The first kappa shape index (κ1) is 8.35. The van der Waals surface area contributed by atoms with E-state index < -0.39 is 0 Å². The molecule has 1 fully saturated rings. The Hall–Kier alpha value is -0.750. The van der Waals surface area contributed by atoms with Gasteiger partial charge in [-0.2, -0.15) is 0 Å². The number of nitrogens with zero attached hydrogens (tertiary/aromatic N) is 2. The molecule has 1 rings (SSSR count). The number of likely N-dealkylation sites (tertiary alicyclic amines) is 1. The molecule has 1 atom stereocenters.